The molecule has 0 aliphatic carbocycles. The van der Waals surface area contributed by atoms with E-state index in [1.165, 1.54) is 37.9 Å². The molecule has 256 valence electrons. The smallest absolute Gasteiger partial charge is 0.164 e. The first-order valence-electron chi connectivity index (χ1n) is 18.5. The van der Waals surface area contributed by atoms with Gasteiger partial charge in [-0.2, -0.15) is 0 Å². The van der Waals surface area contributed by atoms with Gasteiger partial charge >= 0.3 is 0 Å². The fraction of sp³-hybridized carbons (Fsp3) is 0. The minimum Gasteiger partial charge on any atom is -0.455 e. The van der Waals surface area contributed by atoms with E-state index in [2.05, 4.69) is 140 Å². The molecule has 2 heterocycles. The molecule has 0 saturated heterocycles. The van der Waals surface area contributed by atoms with Crippen LogP contribution in [0.25, 0.3) is 111 Å². The van der Waals surface area contributed by atoms with Crippen molar-refractivity contribution >= 4 is 54.3 Å². The summed E-state index contributed by atoms with van der Waals surface area (Å²) in [6.07, 6.45) is 0. The van der Waals surface area contributed by atoms with Gasteiger partial charge in [-0.25, -0.2) is 15.0 Å². The van der Waals surface area contributed by atoms with Crippen LogP contribution in [-0.4, -0.2) is 15.0 Å². The molecule has 0 aliphatic rings. The van der Waals surface area contributed by atoms with Gasteiger partial charge in [0.05, 0.1) is 0 Å². The van der Waals surface area contributed by atoms with Gasteiger partial charge in [-0.1, -0.05) is 176 Å². The van der Waals surface area contributed by atoms with Gasteiger partial charge in [-0.3, -0.25) is 0 Å². The predicted molar refractivity (Wildman–Crippen MR) is 227 cm³/mol. The quantitative estimate of drug-likeness (QED) is 0.168. The van der Waals surface area contributed by atoms with Crippen molar-refractivity contribution in [2.24, 2.45) is 0 Å². The Morgan fingerprint density at radius 2 is 0.855 bits per heavy atom. The zero-order chi connectivity index (χ0) is 36.3. The molecule has 0 N–H and O–H groups in total. The fourth-order valence-electron chi connectivity index (χ4n) is 8.13. The van der Waals surface area contributed by atoms with Gasteiger partial charge in [0.15, 0.2) is 17.5 Å². The molecular formula is C51H31N3O. The number of aromatic nitrogens is 3. The average molecular weight is 702 g/mol. The Morgan fingerprint density at radius 3 is 1.62 bits per heavy atom. The second-order valence-electron chi connectivity index (χ2n) is 13.9. The first-order chi connectivity index (χ1) is 27.3. The summed E-state index contributed by atoms with van der Waals surface area (Å²) in [7, 11) is 0. The van der Waals surface area contributed by atoms with Crippen molar-refractivity contribution in [1.82, 2.24) is 15.0 Å². The standard InChI is InChI=1S/C51H31N3O/c1-3-13-32(14-4-1)40-21-11-22-42-47-43(23-12-24-45(47)55-48(40)42)51-53-49(35-16-5-2-6-17-35)52-50(54-51)36-27-25-34(26-28-36)44-31-37-18-8-10-20-39(37)46-38-19-9-7-15-33(38)29-30-41(44)46/h1-31H. The minimum atomic E-state index is 0.596. The van der Waals surface area contributed by atoms with Crippen LogP contribution in [0.3, 0.4) is 0 Å². The van der Waals surface area contributed by atoms with Gasteiger partial charge < -0.3 is 4.42 Å². The summed E-state index contributed by atoms with van der Waals surface area (Å²) >= 11 is 0. The van der Waals surface area contributed by atoms with E-state index < -0.39 is 0 Å². The highest BCUT2D eigenvalue weighted by atomic mass is 16.3. The summed E-state index contributed by atoms with van der Waals surface area (Å²) in [5, 5.41) is 9.50. The molecule has 0 unspecified atom stereocenters. The molecule has 0 amide bonds. The Bertz CT molecular complexity index is 3230. The molecule has 0 aliphatic heterocycles. The Morgan fingerprint density at radius 1 is 0.309 bits per heavy atom. The van der Waals surface area contributed by atoms with Crippen LogP contribution < -0.4 is 0 Å². The summed E-state index contributed by atoms with van der Waals surface area (Å²) < 4.78 is 6.59. The normalized spacial score (nSPS) is 11.6. The molecule has 0 radical (unpaired) electrons. The minimum absolute atomic E-state index is 0.596. The first kappa shape index (κ1) is 31.1. The highest BCUT2D eigenvalue weighted by molar-refractivity contribution is 6.24. The van der Waals surface area contributed by atoms with Crippen molar-refractivity contribution in [2.75, 3.05) is 0 Å². The number of rotatable bonds is 5. The van der Waals surface area contributed by atoms with Gasteiger partial charge in [-0.15, -0.1) is 0 Å². The number of furan rings is 1. The van der Waals surface area contributed by atoms with Crippen molar-refractivity contribution in [3.63, 3.8) is 0 Å². The van der Waals surface area contributed by atoms with Gasteiger partial charge in [0.1, 0.15) is 11.2 Å². The number of hydrogen-bond acceptors (Lipinski definition) is 4. The summed E-state index contributed by atoms with van der Waals surface area (Å²) in [5.41, 5.74) is 8.86. The van der Waals surface area contributed by atoms with E-state index in [1.54, 1.807) is 0 Å². The van der Waals surface area contributed by atoms with Crippen LogP contribution in [0.15, 0.2) is 192 Å². The molecule has 4 heteroatoms. The fourth-order valence-corrected chi connectivity index (χ4v) is 8.13. The van der Waals surface area contributed by atoms with E-state index in [9.17, 15) is 0 Å². The molecule has 2 aromatic heterocycles. The maximum Gasteiger partial charge on any atom is 0.164 e. The molecule has 0 atom stereocenters. The number of nitrogens with zero attached hydrogens (tertiary/aromatic N) is 3. The van der Waals surface area contributed by atoms with Gasteiger partial charge in [0.2, 0.25) is 0 Å². The van der Waals surface area contributed by atoms with E-state index >= 15 is 0 Å². The van der Waals surface area contributed by atoms with Crippen LogP contribution in [0.4, 0.5) is 0 Å². The second-order valence-corrected chi connectivity index (χ2v) is 13.9. The molecule has 11 rings (SSSR count). The molecule has 55 heavy (non-hydrogen) atoms. The molecule has 0 bridgehead atoms. The largest absolute Gasteiger partial charge is 0.455 e. The summed E-state index contributed by atoms with van der Waals surface area (Å²) in [6.45, 7) is 0. The van der Waals surface area contributed by atoms with Gasteiger partial charge in [0, 0.05) is 33.0 Å². The number of para-hydroxylation sites is 1. The van der Waals surface area contributed by atoms with Crippen LogP contribution in [0, 0.1) is 0 Å². The van der Waals surface area contributed by atoms with E-state index in [0.717, 1.165) is 55.3 Å². The van der Waals surface area contributed by atoms with Crippen molar-refractivity contribution in [3.05, 3.63) is 188 Å². The SMILES string of the molecule is c1ccc(-c2nc(-c3ccc(-c4cc5ccccc5c5c4ccc4ccccc45)cc3)nc(-c3cccc4oc5c(-c6ccccc6)cccc5c34)n2)cc1. The lowest BCUT2D eigenvalue weighted by atomic mass is 9.90. The van der Waals surface area contributed by atoms with Crippen molar-refractivity contribution in [2.45, 2.75) is 0 Å². The third-order valence-corrected chi connectivity index (χ3v) is 10.7. The van der Waals surface area contributed by atoms with Crippen molar-refractivity contribution < 1.29 is 4.42 Å². The zero-order valence-corrected chi connectivity index (χ0v) is 29.6. The number of hydrogen-bond donors (Lipinski definition) is 0. The monoisotopic (exact) mass is 701 g/mol. The number of fused-ring (bicyclic) bond motifs is 8. The lowest BCUT2D eigenvalue weighted by Gasteiger charge is -2.14. The van der Waals surface area contributed by atoms with Crippen LogP contribution >= 0.6 is 0 Å². The summed E-state index contributed by atoms with van der Waals surface area (Å²) in [5.74, 6) is 1.82. The Hall–Kier alpha value is -7.43. The molecular weight excluding hydrogens is 671 g/mol. The highest BCUT2D eigenvalue weighted by Crippen LogP contribution is 2.42. The Labute approximate surface area is 317 Å². The third-order valence-electron chi connectivity index (χ3n) is 10.7. The Balaban J connectivity index is 1.08. The molecule has 0 fully saturated rings. The predicted octanol–water partition coefficient (Wildman–Crippen LogP) is 13.6. The summed E-state index contributed by atoms with van der Waals surface area (Å²) in [4.78, 5) is 15.4. The van der Waals surface area contributed by atoms with E-state index in [-0.39, 0.29) is 0 Å². The summed E-state index contributed by atoms with van der Waals surface area (Å²) in [6, 6.07) is 65.7. The van der Waals surface area contributed by atoms with Crippen molar-refractivity contribution in [3.8, 4) is 56.4 Å². The van der Waals surface area contributed by atoms with Crippen LogP contribution in [0.1, 0.15) is 0 Å². The van der Waals surface area contributed by atoms with E-state index in [0.29, 0.717) is 17.5 Å². The molecule has 0 spiro atoms. The molecule has 0 saturated carbocycles. The third kappa shape index (κ3) is 5.19. The van der Waals surface area contributed by atoms with Crippen LogP contribution in [-0.2, 0) is 0 Å². The van der Waals surface area contributed by atoms with Crippen molar-refractivity contribution in [1.29, 1.82) is 0 Å². The molecule has 4 nitrogen and oxygen atoms in total. The average Bonchev–Trinajstić information content (AvgIpc) is 3.66. The first-order valence-corrected chi connectivity index (χ1v) is 18.5. The van der Waals surface area contributed by atoms with Crippen LogP contribution in [0.2, 0.25) is 0 Å². The maximum atomic E-state index is 6.59. The second kappa shape index (κ2) is 12.6. The molecule has 11 aromatic rings. The van der Waals surface area contributed by atoms with E-state index in [1.807, 2.05) is 48.5 Å². The van der Waals surface area contributed by atoms with Gasteiger partial charge in [0.25, 0.3) is 0 Å². The maximum absolute atomic E-state index is 6.59. The topological polar surface area (TPSA) is 51.8 Å². The van der Waals surface area contributed by atoms with Crippen LogP contribution in [0.5, 0.6) is 0 Å². The molecule has 9 aromatic carbocycles. The highest BCUT2D eigenvalue weighted by Gasteiger charge is 2.20. The zero-order valence-electron chi connectivity index (χ0n) is 29.6. The lowest BCUT2D eigenvalue weighted by molar-refractivity contribution is 0.670. The Kier molecular flexibility index (Phi) is 7.14. The lowest BCUT2D eigenvalue weighted by Crippen LogP contribution is -2.00. The van der Waals surface area contributed by atoms with Gasteiger partial charge in [-0.05, 0) is 61.1 Å². The number of benzene rings is 9. The van der Waals surface area contributed by atoms with E-state index in [4.69, 9.17) is 19.4 Å².